The minimum atomic E-state index is -0.825. The quantitative estimate of drug-likeness (QED) is 0.0261. The highest BCUT2D eigenvalue weighted by Gasteiger charge is 2.19. The fourth-order valence-electron chi connectivity index (χ4n) is 7.96. The van der Waals surface area contributed by atoms with Crippen LogP contribution < -0.4 is 0 Å². The van der Waals surface area contributed by atoms with Crippen molar-refractivity contribution in [3.63, 3.8) is 0 Å². The Morgan fingerprint density at radius 1 is 0.273 bits per heavy atom. The maximum Gasteiger partial charge on any atom is 0.306 e. The molecule has 1 atom stereocenters. The first-order chi connectivity index (χ1) is 38.0. The second-order valence-corrected chi connectivity index (χ2v) is 19.9. The topological polar surface area (TPSA) is 78.9 Å². The monoisotopic (exact) mass is 1060 g/mol. The van der Waals surface area contributed by atoms with Crippen molar-refractivity contribution in [2.45, 2.75) is 258 Å². The number of ether oxygens (including phenoxy) is 3. The van der Waals surface area contributed by atoms with Gasteiger partial charge in [-0.25, -0.2) is 0 Å². The smallest absolute Gasteiger partial charge is 0.306 e. The van der Waals surface area contributed by atoms with Gasteiger partial charge >= 0.3 is 17.9 Å². The molecule has 0 fully saturated rings. The molecule has 0 heterocycles. The van der Waals surface area contributed by atoms with E-state index in [-0.39, 0.29) is 37.5 Å². The van der Waals surface area contributed by atoms with Crippen LogP contribution in [0.2, 0.25) is 0 Å². The first kappa shape index (κ1) is 72.0. The Balaban J connectivity index is 4.46. The highest BCUT2D eigenvalue weighted by molar-refractivity contribution is 5.71. The Morgan fingerprint density at radius 2 is 0.519 bits per heavy atom. The molecule has 6 nitrogen and oxygen atoms in total. The Labute approximate surface area is 473 Å². The SMILES string of the molecule is CC/C=C\C/C=C\C/C=C\C/C=C\C/C=C\C/C=C\C/C=C\C/C=C\CCCCCCC(=O)OCC(COC(=O)CCCCCCCCCCCCCCC)OC(=O)CCC/C=C\C/C=C\C/C=C\C/C=C\C/C=C\CC. The van der Waals surface area contributed by atoms with Gasteiger partial charge < -0.3 is 14.2 Å². The first-order valence-electron chi connectivity index (χ1n) is 31.0. The van der Waals surface area contributed by atoms with Crippen LogP contribution in [-0.2, 0) is 28.6 Å². The molecule has 0 N–H and O–H groups in total. The van der Waals surface area contributed by atoms with Crippen molar-refractivity contribution in [2.75, 3.05) is 13.2 Å². The van der Waals surface area contributed by atoms with E-state index in [0.717, 1.165) is 141 Å². The molecule has 0 saturated heterocycles. The molecule has 0 aliphatic carbocycles. The summed E-state index contributed by atoms with van der Waals surface area (Å²) >= 11 is 0. The summed E-state index contributed by atoms with van der Waals surface area (Å²) in [5, 5.41) is 0. The number of esters is 3. The average molecular weight is 1060 g/mol. The van der Waals surface area contributed by atoms with Crippen molar-refractivity contribution in [1.82, 2.24) is 0 Å². The van der Waals surface area contributed by atoms with Gasteiger partial charge in [0.2, 0.25) is 0 Å². The van der Waals surface area contributed by atoms with Gasteiger partial charge in [0.25, 0.3) is 0 Å². The van der Waals surface area contributed by atoms with Crippen LogP contribution in [0.15, 0.2) is 158 Å². The number of allylic oxidation sites excluding steroid dienone is 26. The molecule has 0 saturated carbocycles. The highest BCUT2D eigenvalue weighted by atomic mass is 16.6. The van der Waals surface area contributed by atoms with Crippen molar-refractivity contribution in [3.05, 3.63) is 158 Å². The van der Waals surface area contributed by atoms with E-state index in [1.165, 1.54) is 64.2 Å². The van der Waals surface area contributed by atoms with E-state index in [9.17, 15) is 14.4 Å². The number of carbonyl (C=O) groups excluding carboxylic acids is 3. The Bertz CT molecular complexity index is 1740. The molecule has 432 valence electrons. The molecule has 1 unspecified atom stereocenters. The van der Waals surface area contributed by atoms with Crippen molar-refractivity contribution < 1.29 is 28.6 Å². The van der Waals surface area contributed by atoms with Crippen molar-refractivity contribution in [2.24, 2.45) is 0 Å². The van der Waals surface area contributed by atoms with Crippen LogP contribution >= 0.6 is 0 Å². The van der Waals surface area contributed by atoms with Gasteiger partial charge in [0.1, 0.15) is 13.2 Å². The fourth-order valence-corrected chi connectivity index (χ4v) is 7.96. The normalized spacial score (nSPS) is 13.2. The van der Waals surface area contributed by atoms with Gasteiger partial charge in [-0.05, 0) is 122 Å². The predicted octanol–water partition coefficient (Wildman–Crippen LogP) is 21.3. The second kappa shape index (κ2) is 63.6. The van der Waals surface area contributed by atoms with Gasteiger partial charge in [-0.1, -0.05) is 269 Å². The Morgan fingerprint density at radius 3 is 0.831 bits per heavy atom. The van der Waals surface area contributed by atoms with Crippen LogP contribution in [0.4, 0.5) is 0 Å². The van der Waals surface area contributed by atoms with Crippen molar-refractivity contribution in [1.29, 1.82) is 0 Å². The van der Waals surface area contributed by atoms with E-state index in [0.29, 0.717) is 19.3 Å². The molecule has 0 radical (unpaired) electrons. The van der Waals surface area contributed by atoms with Gasteiger partial charge in [0.05, 0.1) is 0 Å². The molecule has 0 aromatic carbocycles. The molecular formula is C71H112O6. The number of unbranched alkanes of at least 4 members (excludes halogenated alkanes) is 17. The van der Waals surface area contributed by atoms with Crippen molar-refractivity contribution in [3.8, 4) is 0 Å². The van der Waals surface area contributed by atoms with Crippen LogP contribution in [-0.4, -0.2) is 37.2 Å². The summed E-state index contributed by atoms with van der Waals surface area (Å²) < 4.78 is 16.8. The summed E-state index contributed by atoms with van der Waals surface area (Å²) in [5.41, 5.74) is 0. The lowest BCUT2D eigenvalue weighted by atomic mass is 10.0. The average Bonchev–Trinajstić information content (AvgIpc) is 3.43. The molecule has 0 rings (SSSR count). The highest BCUT2D eigenvalue weighted by Crippen LogP contribution is 2.14. The lowest BCUT2D eigenvalue weighted by molar-refractivity contribution is -0.167. The largest absolute Gasteiger partial charge is 0.462 e. The Kier molecular flexibility index (Phi) is 59.5. The number of carbonyl (C=O) groups is 3. The van der Waals surface area contributed by atoms with E-state index in [2.05, 4.69) is 179 Å². The zero-order valence-electron chi connectivity index (χ0n) is 49.4. The zero-order chi connectivity index (χ0) is 55.7. The minimum absolute atomic E-state index is 0.113. The van der Waals surface area contributed by atoms with E-state index >= 15 is 0 Å². The third kappa shape index (κ3) is 61.8. The first-order valence-corrected chi connectivity index (χ1v) is 31.0. The predicted molar refractivity (Wildman–Crippen MR) is 334 cm³/mol. The van der Waals surface area contributed by atoms with Crippen molar-refractivity contribution >= 4 is 17.9 Å². The van der Waals surface area contributed by atoms with Gasteiger partial charge in [-0.15, -0.1) is 0 Å². The summed E-state index contributed by atoms with van der Waals surface area (Å²) in [6.07, 6.45) is 92.5. The van der Waals surface area contributed by atoms with Crippen LogP contribution in [0, 0.1) is 0 Å². The van der Waals surface area contributed by atoms with Gasteiger partial charge in [0, 0.05) is 19.3 Å². The molecule has 0 bridgehead atoms. The van der Waals surface area contributed by atoms with E-state index in [1.807, 2.05) is 0 Å². The maximum absolute atomic E-state index is 12.9. The molecule has 6 heteroatoms. The summed E-state index contributed by atoms with van der Waals surface area (Å²) in [6, 6.07) is 0. The lowest BCUT2D eigenvalue weighted by Gasteiger charge is -2.18. The number of rotatable bonds is 54. The molecule has 0 aromatic heterocycles. The van der Waals surface area contributed by atoms with Gasteiger partial charge in [0.15, 0.2) is 6.10 Å². The van der Waals surface area contributed by atoms with Crippen LogP contribution in [0.3, 0.4) is 0 Å². The fraction of sp³-hybridized carbons (Fsp3) is 0.592. The lowest BCUT2D eigenvalue weighted by Crippen LogP contribution is -2.30. The molecule has 0 aliphatic heterocycles. The third-order valence-electron chi connectivity index (χ3n) is 12.5. The van der Waals surface area contributed by atoms with E-state index < -0.39 is 6.10 Å². The Hall–Kier alpha value is -4.97. The summed E-state index contributed by atoms with van der Waals surface area (Å²) in [5.74, 6) is -1.00. The van der Waals surface area contributed by atoms with Gasteiger partial charge in [-0.3, -0.25) is 14.4 Å². The van der Waals surface area contributed by atoms with E-state index in [4.69, 9.17) is 14.2 Å². The van der Waals surface area contributed by atoms with Crippen LogP contribution in [0.1, 0.15) is 252 Å². The molecular weight excluding hydrogens is 949 g/mol. The number of hydrogen-bond donors (Lipinski definition) is 0. The van der Waals surface area contributed by atoms with E-state index in [1.54, 1.807) is 0 Å². The summed E-state index contributed by atoms with van der Waals surface area (Å²) in [4.78, 5) is 38.2. The summed E-state index contributed by atoms with van der Waals surface area (Å²) in [6.45, 7) is 6.34. The minimum Gasteiger partial charge on any atom is -0.462 e. The maximum atomic E-state index is 12.9. The van der Waals surface area contributed by atoms with Crippen LogP contribution in [0.5, 0.6) is 0 Å². The molecule has 0 amide bonds. The summed E-state index contributed by atoms with van der Waals surface area (Å²) in [7, 11) is 0. The standard InChI is InChI=1S/C71H112O6/c1-4-7-10-13-16-19-22-25-27-29-30-31-32-33-34-35-36-37-38-39-40-42-43-46-49-52-55-58-61-64-70(73)76-67-68(66-75-69(72)63-60-57-54-51-48-45-24-21-18-15-12-9-6-3)77-71(74)65-62-59-56-53-50-47-44-41-28-26-23-20-17-14-11-8-5-2/h7-8,10-11,16-17,19-20,25-28,30-31,33-34,36-37,39-40,43-44,46-47,53,56,68H,4-6,9,12-15,18,21-24,29,32,35,38,41-42,45,48-52,54-55,57-67H2,1-3H3/b10-7-,11-8-,19-16-,20-17-,27-25-,28-26-,31-30-,34-33-,37-36-,40-39-,46-43-,47-44-,56-53-. The number of hydrogen-bond acceptors (Lipinski definition) is 6. The molecule has 0 spiro atoms. The molecule has 77 heavy (non-hydrogen) atoms. The van der Waals surface area contributed by atoms with Gasteiger partial charge in [-0.2, -0.15) is 0 Å². The molecule has 0 aromatic rings. The molecule has 0 aliphatic rings. The second-order valence-electron chi connectivity index (χ2n) is 19.9. The van der Waals surface area contributed by atoms with Crippen LogP contribution in [0.25, 0.3) is 0 Å². The zero-order valence-corrected chi connectivity index (χ0v) is 49.4. The third-order valence-corrected chi connectivity index (χ3v) is 12.5.